The monoisotopic (exact) mass is 431 g/mol. The summed E-state index contributed by atoms with van der Waals surface area (Å²) in [5, 5.41) is 3.15. The molecule has 2 aromatic rings. The predicted molar refractivity (Wildman–Crippen MR) is 131 cm³/mol. The zero-order valence-corrected chi connectivity index (χ0v) is 19.3. The Balaban J connectivity index is 1.16. The third kappa shape index (κ3) is 5.07. The van der Waals surface area contributed by atoms with Gasteiger partial charge >= 0.3 is 0 Å². The molecule has 2 aromatic carbocycles. The minimum absolute atomic E-state index is 0.0121. The van der Waals surface area contributed by atoms with Crippen molar-refractivity contribution in [3.05, 3.63) is 65.2 Å². The van der Waals surface area contributed by atoms with Crippen LogP contribution in [0.25, 0.3) is 0 Å². The number of anilines is 1. The van der Waals surface area contributed by atoms with Crippen molar-refractivity contribution in [3.8, 4) is 0 Å². The Morgan fingerprint density at radius 2 is 1.56 bits per heavy atom. The molecule has 1 unspecified atom stereocenters. The molecule has 3 aliphatic rings. The first kappa shape index (κ1) is 21.7. The number of hydrogen-bond donors (Lipinski definition) is 1. The molecule has 2 fully saturated rings. The molecule has 170 valence electrons. The molecule has 0 bridgehead atoms. The summed E-state index contributed by atoms with van der Waals surface area (Å²) in [4.78, 5) is 17.9. The minimum atomic E-state index is 0.0121. The Kier molecular flexibility index (Phi) is 6.89. The fraction of sp³-hybridized carbons (Fsp3) is 0.536. The van der Waals surface area contributed by atoms with Gasteiger partial charge in [0.2, 0.25) is 5.91 Å². The molecule has 2 aliphatic heterocycles. The van der Waals surface area contributed by atoms with E-state index in [1.807, 2.05) is 0 Å². The van der Waals surface area contributed by atoms with Gasteiger partial charge < -0.3 is 10.2 Å². The number of carbonyl (C=O) groups is 1. The maximum Gasteiger partial charge on any atom is 0.232 e. The van der Waals surface area contributed by atoms with Gasteiger partial charge in [0.05, 0.1) is 5.92 Å². The lowest BCUT2D eigenvalue weighted by molar-refractivity contribution is -0.117. The Bertz CT molecular complexity index is 896. The van der Waals surface area contributed by atoms with Gasteiger partial charge in [0.15, 0.2) is 0 Å². The standard InChI is InChI=1S/C28H37N3O/c32-28-25(14-15-30-16-18-31(19-17-30)21-22-8-4-3-5-9-22)26-20-24(12-13-27(26)29-28)23-10-6-1-2-7-11-23/h3-5,8-9,12-13,20,23,25H,1-2,6-7,10-11,14-19,21H2,(H,29,32). The predicted octanol–water partition coefficient (Wildman–Crippen LogP) is 5.37. The van der Waals surface area contributed by atoms with Crippen LogP contribution in [0.3, 0.4) is 0 Å². The summed E-state index contributed by atoms with van der Waals surface area (Å²) >= 11 is 0. The van der Waals surface area contributed by atoms with E-state index in [0.717, 1.165) is 51.4 Å². The summed E-state index contributed by atoms with van der Waals surface area (Å²) in [6.45, 7) is 6.44. The van der Waals surface area contributed by atoms with Gasteiger partial charge in [0.25, 0.3) is 0 Å². The average molecular weight is 432 g/mol. The maximum atomic E-state index is 12.8. The molecule has 4 heteroatoms. The van der Waals surface area contributed by atoms with Gasteiger partial charge in [0.1, 0.15) is 0 Å². The largest absolute Gasteiger partial charge is 0.325 e. The number of nitrogens with zero attached hydrogens (tertiary/aromatic N) is 2. The second-order valence-corrected chi connectivity index (χ2v) is 9.97. The van der Waals surface area contributed by atoms with Crippen molar-refractivity contribution in [2.75, 3.05) is 38.0 Å². The molecule has 0 aromatic heterocycles. The molecule has 1 saturated carbocycles. The lowest BCUT2D eigenvalue weighted by Gasteiger charge is -2.35. The highest BCUT2D eigenvalue weighted by Gasteiger charge is 2.32. The third-order valence-corrected chi connectivity index (χ3v) is 7.80. The zero-order valence-electron chi connectivity index (χ0n) is 19.3. The number of amides is 1. The van der Waals surface area contributed by atoms with Crippen molar-refractivity contribution in [1.29, 1.82) is 0 Å². The second-order valence-electron chi connectivity index (χ2n) is 9.97. The quantitative estimate of drug-likeness (QED) is 0.625. The summed E-state index contributed by atoms with van der Waals surface area (Å²) < 4.78 is 0. The van der Waals surface area contributed by atoms with Gasteiger partial charge in [-0.15, -0.1) is 0 Å². The number of piperazine rings is 1. The van der Waals surface area contributed by atoms with Crippen molar-refractivity contribution in [2.45, 2.75) is 63.3 Å². The van der Waals surface area contributed by atoms with Gasteiger partial charge in [-0.25, -0.2) is 0 Å². The van der Waals surface area contributed by atoms with Crippen LogP contribution in [-0.4, -0.2) is 48.4 Å². The molecular weight excluding hydrogens is 394 g/mol. The lowest BCUT2D eigenvalue weighted by Crippen LogP contribution is -2.46. The topological polar surface area (TPSA) is 35.6 Å². The van der Waals surface area contributed by atoms with Crippen LogP contribution in [0.5, 0.6) is 0 Å². The number of hydrogen-bond acceptors (Lipinski definition) is 3. The normalized spacial score (nSPS) is 23.0. The van der Waals surface area contributed by atoms with Crippen molar-refractivity contribution >= 4 is 11.6 Å². The van der Waals surface area contributed by atoms with Crippen LogP contribution in [0.2, 0.25) is 0 Å². The van der Waals surface area contributed by atoms with Crippen LogP contribution in [0.15, 0.2) is 48.5 Å². The molecule has 1 N–H and O–H groups in total. The van der Waals surface area contributed by atoms with Gasteiger partial charge in [-0.05, 0) is 54.5 Å². The first-order chi connectivity index (χ1) is 15.8. The highest BCUT2D eigenvalue weighted by Crippen LogP contribution is 2.39. The van der Waals surface area contributed by atoms with E-state index in [1.165, 1.54) is 55.2 Å². The highest BCUT2D eigenvalue weighted by molar-refractivity contribution is 6.02. The van der Waals surface area contributed by atoms with Gasteiger partial charge in [-0.3, -0.25) is 9.69 Å². The van der Waals surface area contributed by atoms with Gasteiger partial charge in [0, 0.05) is 38.4 Å². The molecular formula is C28H37N3O. The molecule has 4 nitrogen and oxygen atoms in total. The van der Waals surface area contributed by atoms with E-state index in [2.05, 4.69) is 63.6 Å². The van der Waals surface area contributed by atoms with Gasteiger partial charge in [-0.2, -0.15) is 0 Å². The van der Waals surface area contributed by atoms with E-state index < -0.39 is 0 Å². The van der Waals surface area contributed by atoms with E-state index in [0.29, 0.717) is 5.92 Å². The number of nitrogens with one attached hydrogen (secondary N) is 1. The molecule has 2 heterocycles. The van der Waals surface area contributed by atoms with Crippen molar-refractivity contribution in [2.24, 2.45) is 0 Å². The Labute approximate surface area is 193 Å². The number of fused-ring (bicyclic) bond motifs is 1. The van der Waals surface area contributed by atoms with Crippen LogP contribution < -0.4 is 5.32 Å². The number of benzene rings is 2. The van der Waals surface area contributed by atoms with Crippen molar-refractivity contribution in [1.82, 2.24) is 9.80 Å². The summed E-state index contributed by atoms with van der Waals surface area (Å²) in [6.07, 6.45) is 8.98. The van der Waals surface area contributed by atoms with E-state index in [-0.39, 0.29) is 11.8 Å². The van der Waals surface area contributed by atoms with E-state index in [1.54, 1.807) is 0 Å². The number of carbonyl (C=O) groups excluding carboxylic acids is 1. The molecule has 1 aliphatic carbocycles. The molecule has 0 spiro atoms. The van der Waals surface area contributed by atoms with Crippen LogP contribution in [0.4, 0.5) is 5.69 Å². The van der Waals surface area contributed by atoms with Crippen molar-refractivity contribution in [3.63, 3.8) is 0 Å². The molecule has 5 rings (SSSR count). The number of rotatable bonds is 6. The zero-order chi connectivity index (χ0) is 21.8. The summed E-state index contributed by atoms with van der Waals surface area (Å²) in [6, 6.07) is 17.6. The highest BCUT2D eigenvalue weighted by atomic mass is 16.2. The van der Waals surface area contributed by atoms with Crippen LogP contribution in [0.1, 0.15) is 73.5 Å². The minimum Gasteiger partial charge on any atom is -0.325 e. The fourth-order valence-electron chi connectivity index (χ4n) is 5.82. The lowest BCUT2D eigenvalue weighted by atomic mass is 9.88. The smallest absolute Gasteiger partial charge is 0.232 e. The van der Waals surface area contributed by atoms with Crippen molar-refractivity contribution < 1.29 is 4.79 Å². The Hall–Kier alpha value is -2.17. The Morgan fingerprint density at radius 3 is 2.31 bits per heavy atom. The second kappa shape index (κ2) is 10.2. The average Bonchev–Trinajstić information content (AvgIpc) is 2.97. The molecule has 0 radical (unpaired) electrons. The maximum absolute atomic E-state index is 12.8. The molecule has 1 atom stereocenters. The van der Waals surface area contributed by atoms with Crippen LogP contribution in [-0.2, 0) is 11.3 Å². The fourth-order valence-corrected chi connectivity index (χ4v) is 5.82. The summed E-state index contributed by atoms with van der Waals surface area (Å²) in [7, 11) is 0. The van der Waals surface area contributed by atoms with E-state index in [9.17, 15) is 4.79 Å². The first-order valence-electron chi connectivity index (χ1n) is 12.7. The van der Waals surface area contributed by atoms with Gasteiger partial charge in [-0.1, -0.05) is 68.1 Å². The molecule has 1 saturated heterocycles. The van der Waals surface area contributed by atoms with E-state index >= 15 is 0 Å². The van der Waals surface area contributed by atoms with E-state index in [4.69, 9.17) is 0 Å². The Morgan fingerprint density at radius 1 is 0.844 bits per heavy atom. The van der Waals surface area contributed by atoms with Crippen LogP contribution in [0, 0.1) is 0 Å². The third-order valence-electron chi connectivity index (χ3n) is 7.80. The molecule has 32 heavy (non-hydrogen) atoms. The molecule has 1 amide bonds. The summed E-state index contributed by atoms with van der Waals surface area (Å²) in [5.74, 6) is 0.885. The van der Waals surface area contributed by atoms with Crippen LogP contribution >= 0.6 is 0 Å². The first-order valence-corrected chi connectivity index (χ1v) is 12.7. The summed E-state index contributed by atoms with van der Waals surface area (Å²) in [5.41, 5.74) is 5.15. The SMILES string of the molecule is O=C1Nc2ccc(C3CCCCCC3)cc2C1CCN1CCN(Cc2ccccc2)CC1.